The molecule has 0 spiro atoms. The summed E-state index contributed by atoms with van der Waals surface area (Å²) < 4.78 is 25.5. The molecule has 3 aromatic carbocycles. The summed E-state index contributed by atoms with van der Waals surface area (Å²) in [5, 5.41) is -0.432. The van der Waals surface area contributed by atoms with E-state index in [1.54, 1.807) is 11.8 Å². The first-order valence-corrected chi connectivity index (χ1v) is 12.1. The molecule has 0 bridgehead atoms. The fourth-order valence-corrected chi connectivity index (χ4v) is 5.48. The zero-order valence-corrected chi connectivity index (χ0v) is 17.7. The Balaban J connectivity index is 2.04. The molecule has 28 heavy (non-hydrogen) atoms. The molecule has 0 radical (unpaired) electrons. The van der Waals surface area contributed by atoms with E-state index in [4.69, 9.17) is 11.6 Å². The summed E-state index contributed by atoms with van der Waals surface area (Å²) in [5.41, 5.74) is 3.45. The van der Waals surface area contributed by atoms with Crippen molar-refractivity contribution < 1.29 is 8.42 Å². The standard InChI is InChI=1S/C22H22ClNO2S2/c23-18-28(25,26)24-16-17-27-22(19-10-4-1-5-11-19,20-12-6-2-7-13-20)21-14-8-3-9-15-21/h1-15,24H,16-18H2. The van der Waals surface area contributed by atoms with Crippen LogP contribution in [0.15, 0.2) is 91.0 Å². The zero-order chi connectivity index (χ0) is 19.9. The van der Waals surface area contributed by atoms with Gasteiger partial charge in [0.05, 0.1) is 4.75 Å². The molecular weight excluding hydrogens is 410 g/mol. The van der Waals surface area contributed by atoms with Gasteiger partial charge in [-0.1, -0.05) is 91.0 Å². The van der Waals surface area contributed by atoms with Gasteiger partial charge in [0.25, 0.3) is 0 Å². The molecule has 3 rings (SSSR count). The summed E-state index contributed by atoms with van der Waals surface area (Å²) in [6.45, 7) is 0.313. The van der Waals surface area contributed by atoms with Crippen molar-refractivity contribution in [3.63, 3.8) is 0 Å². The largest absolute Gasteiger partial charge is 0.225 e. The minimum atomic E-state index is -3.43. The fraction of sp³-hybridized carbons (Fsp3) is 0.182. The van der Waals surface area contributed by atoms with Crippen LogP contribution < -0.4 is 4.72 Å². The van der Waals surface area contributed by atoms with Crippen LogP contribution in [0.5, 0.6) is 0 Å². The second-order valence-corrected chi connectivity index (χ2v) is 9.95. The highest BCUT2D eigenvalue weighted by Gasteiger charge is 2.36. The van der Waals surface area contributed by atoms with Crippen LogP contribution in [0, 0.1) is 0 Å². The molecule has 0 saturated carbocycles. The Morgan fingerprint density at radius 3 is 1.50 bits per heavy atom. The second-order valence-electron chi connectivity index (χ2n) is 6.25. The van der Waals surface area contributed by atoms with Crippen molar-refractivity contribution in [3.8, 4) is 0 Å². The summed E-state index contributed by atoms with van der Waals surface area (Å²) in [4.78, 5) is 0. The van der Waals surface area contributed by atoms with E-state index >= 15 is 0 Å². The summed E-state index contributed by atoms with van der Waals surface area (Å²) in [7, 11) is -3.43. The summed E-state index contributed by atoms with van der Waals surface area (Å²) >= 11 is 7.20. The fourth-order valence-electron chi connectivity index (χ4n) is 3.21. The summed E-state index contributed by atoms with van der Waals surface area (Å²) in [6.07, 6.45) is 0. The Morgan fingerprint density at radius 1 is 0.750 bits per heavy atom. The predicted molar refractivity (Wildman–Crippen MR) is 119 cm³/mol. The van der Waals surface area contributed by atoms with Gasteiger partial charge >= 0.3 is 0 Å². The molecule has 3 aromatic rings. The van der Waals surface area contributed by atoms with Gasteiger partial charge in [0.2, 0.25) is 10.0 Å². The molecular formula is C22H22ClNO2S2. The first-order valence-electron chi connectivity index (χ1n) is 8.92. The van der Waals surface area contributed by atoms with E-state index in [1.807, 2.05) is 54.6 Å². The lowest BCUT2D eigenvalue weighted by atomic mass is 9.84. The third-order valence-corrected chi connectivity index (χ3v) is 7.77. The van der Waals surface area contributed by atoms with Gasteiger partial charge < -0.3 is 0 Å². The number of benzene rings is 3. The van der Waals surface area contributed by atoms with Crippen molar-refractivity contribution in [2.24, 2.45) is 0 Å². The quantitative estimate of drug-likeness (QED) is 0.300. The molecule has 0 atom stereocenters. The monoisotopic (exact) mass is 431 g/mol. The van der Waals surface area contributed by atoms with Crippen molar-refractivity contribution in [2.45, 2.75) is 4.75 Å². The average Bonchev–Trinajstić information content (AvgIpc) is 2.76. The maximum atomic E-state index is 11.7. The molecule has 0 fully saturated rings. The van der Waals surface area contributed by atoms with Crippen LogP contribution in [0.4, 0.5) is 0 Å². The van der Waals surface area contributed by atoms with Gasteiger partial charge in [-0.2, -0.15) is 0 Å². The molecule has 0 amide bonds. The van der Waals surface area contributed by atoms with Crippen molar-refractivity contribution in [3.05, 3.63) is 108 Å². The Labute approximate surface area is 176 Å². The molecule has 0 saturated heterocycles. The van der Waals surface area contributed by atoms with Gasteiger partial charge in [-0.25, -0.2) is 13.1 Å². The highest BCUT2D eigenvalue weighted by atomic mass is 35.5. The Bertz CT molecular complexity index is 869. The van der Waals surface area contributed by atoms with Gasteiger partial charge in [0.15, 0.2) is 0 Å². The number of sulfonamides is 1. The summed E-state index contributed by atoms with van der Waals surface area (Å²) in [6, 6.07) is 30.9. The van der Waals surface area contributed by atoms with Crippen LogP contribution >= 0.6 is 23.4 Å². The molecule has 0 aliphatic rings. The van der Waals surface area contributed by atoms with E-state index in [-0.39, 0.29) is 0 Å². The van der Waals surface area contributed by atoms with Crippen LogP contribution in [0.3, 0.4) is 0 Å². The number of rotatable bonds is 9. The minimum Gasteiger partial charge on any atom is -0.213 e. The Morgan fingerprint density at radius 2 is 1.14 bits per heavy atom. The van der Waals surface area contributed by atoms with Crippen molar-refractivity contribution in [1.29, 1.82) is 0 Å². The minimum absolute atomic E-state index is 0.313. The third kappa shape index (κ3) is 4.78. The van der Waals surface area contributed by atoms with Gasteiger partial charge in [0, 0.05) is 12.3 Å². The molecule has 146 valence electrons. The van der Waals surface area contributed by atoms with Gasteiger partial charge in [-0.15, -0.1) is 23.4 Å². The predicted octanol–water partition coefficient (Wildman–Crippen LogP) is 4.83. The first-order chi connectivity index (χ1) is 13.6. The number of alkyl halides is 1. The van der Waals surface area contributed by atoms with E-state index in [1.165, 1.54) is 0 Å². The zero-order valence-electron chi connectivity index (χ0n) is 15.3. The van der Waals surface area contributed by atoms with Crippen LogP contribution in [0.2, 0.25) is 0 Å². The van der Waals surface area contributed by atoms with E-state index in [0.29, 0.717) is 12.3 Å². The van der Waals surface area contributed by atoms with Gasteiger partial charge in [-0.3, -0.25) is 0 Å². The molecule has 0 heterocycles. The van der Waals surface area contributed by atoms with E-state index in [2.05, 4.69) is 41.1 Å². The lowest BCUT2D eigenvalue weighted by molar-refractivity contribution is 0.589. The van der Waals surface area contributed by atoms with Crippen molar-refractivity contribution >= 4 is 33.4 Å². The maximum Gasteiger partial charge on any atom is 0.225 e. The van der Waals surface area contributed by atoms with Gasteiger partial charge in [-0.05, 0) is 16.7 Å². The molecule has 3 nitrogen and oxygen atoms in total. The van der Waals surface area contributed by atoms with E-state index in [9.17, 15) is 8.42 Å². The van der Waals surface area contributed by atoms with Crippen LogP contribution in [-0.2, 0) is 14.8 Å². The van der Waals surface area contributed by atoms with E-state index in [0.717, 1.165) is 16.7 Å². The number of halogens is 1. The molecule has 0 aliphatic carbocycles. The third-order valence-electron chi connectivity index (χ3n) is 4.43. The lowest BCUT2D eigenvalue weighted by Crippen LogP contribution is -2.30. The SMILES string of the molecule is O=S(=O)(CCl)NCCSC(c1ccccc1)(c1ccccc1)c1ccccc1. The lowest BCUT2D eigenvalue weighted by Gasteiger charge is -2.35. The molecule has 0 aromatic heterocycles. The summed E-state index contributed by atoms with van der Waals surface area (Å²) in [5.74, 6) is 0.592. The first kappa shape index (κ1) is 20.9. The van der Waals surface area contributed by atoms with Gasteiger partial charge in [0.1, 0.15) is 5.21 Å². The second kappa shape index (κ2) is 9.61. The number of thioether (sulfide) groups is 1. The molecule has 0 aliphatic heterocycles. The van der Waals surface area contributed by atoms with Crippen LogP contribution in [0.1, 0.15) is 16.7 Å². The highest BCUT2D eigenvalue weighted by Crippen LogP contribution is 2.48. The Hall–Kier alpha value is -1.79. The average molecular weight is 432 g/mol. The molecule has 0 unspecified atom stereocenters. The van der Waals surface area contributed by atoms with E-state index < -0.39 is 20.0 Å². The molecule has 1 N–H and O–H groups in total. The maximum absolute atomic E-state index is 11.7. The molecule has 6 heteroatoms. The van der Waals surface area contributed by atoms with Crippen molar-refractivity contribution in [2.75, 3.05) is 17.5 Å². The number of hydrogen-bond donors (Lipinski definition) is 1. The van der Waals surface area contributed by atoms with Crippen LogP contribution in [0.25, 0.3) is 0 Å². The number of nitrogens with one attached hydrogen (secondary N) is 1. The topological polar surface area (TPSA) is 46.2 Å². The van der Waals surface area contributed by atoms with Crippen LogP contribution in [-0.4, -0.2) is 25.9 Å². The Kier molecular flexibility index (Phi) is 7.18. The normalized spacial score (nSPS) is 12.0. The highest BCUT2D eigenvalue weighted by molar-refractivity contribution is 8.00. The van der Waals surface area contributed by atoms with Crippen molar-refractivity contribution in [1.82, 2.24) is 4.72 Å². The number of hydrogen-bond acceptors (Lipinski definition) is 3. The smallest absolute Gasteiger partial charge is 0.213 e.